The van der Waals surface area contributed by atoms with Crippen molar-refractivity contribution in [2.75, 3.05) is 0 Å². The third kappa shape index (κ3) is 3.08. The second-order valence-electron chi connectivity index (χ2n) is 5.57. The molecule has 0 saturated carbocycles. The van der Waals surface area contributed by atoms with Crippen LogP contribution in [-0.2, 0) is 11.3 Å². The number of hydrogen-bond acceptors (Lipinski definition) is 2. The van der Waals surface area contributed by atoms with E-state index in [0.717, 1.165) is 22.2 Å². The number of halogens is 1. The van der Waals surface area contributed by atoms with Gasteiger partial charge in [0.1, 0.15) is 11.9 Å². The van der Waals surface area contributed by atoms with Crippen molar-refractivity contribution in [2.45, 2.75) is 26.4 Å². The topological polar surface area (TPSA) is 46.9 Å². The van der Waals surface area contributed by atoms with Crippen molar-refractivity contribution in [3.8, 4) is 0 Å². The third-order valence-corrected chi connectivity index (χ3v) is 3.92. The molecule has 4 nitrogen and oxygen atoms in total. The van der Waals surface area contributed by atoms with Crippen molar-refractivity contribution in [1.29, 1.82) is 0 Å². The van der Waals surface area contributed by atoms with Crippen molar-refractivity contribution in [3.63, 3.8) is 0 Å². The number of aryl methyl sites for hydroxylation is 1. The molecule has 1 heterocycles. The maximum absolute atomic E-state index is 12.9. The molecule has 0 unspecified atom stereocenters. The number of rotatable bonds is 4. The lowest BCUT2D eigenvalue weighted by Crippen LogP contribution is -2.31. The molecule has 0 aliphatic carbocycles. The van der Waals surface area contributed by atoms with Crippen molar-refractivity contribution < 1.29 is 9.18 Å². The second-order valence-corrected chi connectivity index (χ2v) is 5.57. The van der Waals surface area contributed by atoms with Gasteiger partial charge >= 0.3 is 0 Å². The third-order valence-electron chi connectivity index (χ3n) is 3.92. The lowest BCUT2D eigenvalue weighted by molar-refractivity contribution is -0.124. The molecule has 5 heteroatoms. The van der Waals surface area contributed by atoms with Gasteiger partial charge < -0.3 is 5.32 Å². The molecule has 23 heavy (non-hydrogen) atoms. The predicted molar refractivity (Wildman–Crippen MR) is 87.4 cm³/mol. The molecule has 3 rings (SSSR count). The summed E-state index contributed by atoms with van der Waals surface area (Å²) in [7, 11) is 0. The highest BCUT2D eigenvalue weighted by Crippen LogP contribution is 2.21. The Balaban J connectivity index is 1.75. The van der Waals surface area contributed by atoms with Crippen LogP contribution in [0.3, 0.4) is 0 Å². The van der Waals surface area contributed by atoms with E-state index in [4.69, 9.17) is 0 Å². The summed E-state index contributed by atoms with van der Waals surface area (Å²) in [6.45, 7) is 4.11. The maximum Gasteiger partial charge on any atom is 0.244 e. The summed E-state index contributed by atoms with van der Waals surface area (Å²) < 4.78 is 14.6. The zero-order valence-corrected chi connectivity index (χ0v) is 13.1. The lowest BCUT2D eigenvalue weighted by Gasteiger charge is -2.14. The van der Waals surface area contributed by atoms with E-state index in [2.05, 4.69) is 10.4 Å². The second kappa shape index (κ2) is 6.20. The number of fused-ring (bicyclic) bond motifs is 1. The SMILES string of the molecule is Cc1nn([C@@H](C)C(=O)NCc2ccc(F)cc2)c2ccccc12. The van der Waals surface area contributed by atoms with E-state index in [1.54, 1.807) is 16.8 Å². The molecule has 0 aliphatic heterocycles. The van der Waals surface area contributed by atoms with E-state index in [1.165, 1.54) is 12.1 Å². The summed E-state index contributed by atoms with van der Waals surface area (Å²) >= 11 is 0. The van der Waals surface area contributed by atoms with E-state index < -0.39 is 6.04 Å². The van der Waals surface area contributed by atoms with Crippen LogP contribution in [0.5, 0.6) is 0 Å². The van der Waals surface area contributed by atoms with Crippen LogP contribution < -0.4 is 5.32 Å². The van der Waals surface area contributed by atoms with Gasteiger partial charge in [0.2, 0.25) is 5.91 Å². The highest BCUT2D eigenvalue weighted by Gasteiger charge is 2.18. The maximum atomic E-state index is 12.9. The highest BCUT2D eigenvalue weighted by atomic mass is 19.1. The zero-order valence-electron chi connectivity index (χ0n) is 13.1. The number of nitrogens with zero attached hydrogens (tertiary/aromatic N) is 2. The molecule has 1 amide bonds. The minimum atomic E-state index is -0.422. The number of carbonyl (C=O) groups excluding carboxylic acids is 1. The first-order chi connectivity index (χ1) is 11.1. The van der Waals surface area contributed by atoms with Gasteiger partial charge in [-0.1, -0.05) is 30.3 Å². The van der Waals surface area contributed by atoms with Gasteiger partial charge in [0, 0.05) is 11.9 Å². The van der Waals surface area contributed by atoms with Crippen molar-refractivity contribution >= 4 is 16.8 Å². The van der Waals surface area contributed by atoms with Crippen LogP contribution in [0.1, 0.15) is 24.2 Å². The van der Waals surface area contributed by atoms with E-state index >= 15 is 0 Å². The number of para-hydroxylation sites is 1. The van der Waals surface area contributed by atoms with Crippen molar-refractivity contribution in [3.05, 3.63) is 65.6 Å². The van der Waals surface area contributed by atoms with E-state index in [0.29, 0.717) is 6.54 Å². The zero-order chi connectivity index (χ0) is 16.4. The van der Waals surface area contributed by atoms with Crippen LogP contribution in [-0.4, -0.2) is 15.7 Å². The van der Waals surface area contributed by atoms with E-state index in [9.17, 15) is 9.18 Å². The van der Waals surface area contributed by atoms with E-state index in [1.807, 2.05) is 38.1 Å². The Bertz CT molecular complexity index is 839. The van der Waals surface area contributed by atoms with E-state index in [-0.39, 0.29) is 11.7 Å². The smallest absolute Gasteiger partial charge is 0.244 e. The molecule has 0 spiro atoms. The van der Waals surface area contributed by atoms with Gasteiger partial charge in [-0.2, -0.15) is 5.10 Å². The van der Waals surface area contributed by atoms with Crippen LogP contribution in [0, 0.1) is 12.7 Å². The Labute approximate surface area is 133 Å². The fraction of sp³-hybridized carbons (Fsp3) is 0.222. The van der Waals surface area contributed by atoms with Gasteiger partial charge in [0.25, 0.3) is 0 Å². The van der Waals surface area contributed by atoms with Gasteiger partial charge in [-0.15, -0.1) is 0 Å². The molecular formula is C18H18FN3O. The first kappa shape index (κ1) is 15.2. The van der Waals surface area contributed by atoms with Gasteiger partial charge in [0.05, 0.1) is 11.2 Å². The fourth-order valence-electron chi connectivity index (χ4n) is 2.59. The minimum Gasteiger partial charge on any atom is -0.350 e. The Morgan fingerprint density at radius 1 is 1.22 bits per heavy atom. The molecule has 118 valence electrons. The number of hydrogen-bond donors (Lipinski definition) is 1. The summed E-state index contributed by atoms with van der Waals surface area (Å²) in [5.74, 6) is -0.408. The van der Waals surface area contributed by atoms with Crippen LogP contribution in [0.25, 0.3) is 10.9 Å². The van der Waals surface area contributed by atoms with Gasteiger partial charge in [-0.25, -0.2) is 4.39 Å². The molecule has 0 radical (unpaired) electrons. The van der Waals surface area contributed by atoms with Gasteiger partial charge in [-0.05, 0) is 37.6 Å². The summed E-state index contributed by atoms with van der Waals surface area (Å²) in [4.78, 5) is 12.4. The molecule has 1 aromatic heterocycles. The summed E-state index contributed by atoms with van der Waals surface area (Å²) in [5.41, 5.74) is 2.70. The molecule has 0 bridgehead atoms. The Kier molecular flexibility index (Phi) is 4.10. The number of benzene rings is 2. The molecule has 1 atom stereocenters. The quantitative estimate of drug-likeness (QED) is 0.803. The average molecular weight is 311 g/mol. The molecular weight excluding hydrogens is 293 g/mol. The molecule has 0 aliphatic rings. The predicted octanol–water partition coefficient (Wildman–Crippen LogP) is 3.36. The van der Waals surface area contributed by atoms with Crippen molar-refractivity contribution in [1.82, 2.24) is 15.1 Å². The summed E-state index contributed by atoms with van der Waals surface area (Å²) in [6, 6.07) is 13.5. The van der Waals surface area contributed by atoms with Crippen LogP contribution in [0.2, 0.25) is 0 Å². The first-order valence-electron chi connectivity index (χ1n) is 7.52. The lowest BCUT2D eigenvalue weighted by atomic mass is 10.2. The molecule has 3 aromatic rings. The molecule has 0 fully saturated rings. The van der Waals surface area contributed by atoms with Gasteiger partial charge in [-0.3, -0.25) is 9.48 Å². The minimum absolute atomic E-state index is 0.123. The number of carbonyl (C=O) groups is 1. The van der Waals surface area contributed by atoms with Crippen molar-refractivity contribution in [2.24, 2.45) is 0 Å². The Morgan fingerprint density at radius 2 is 1.91 bits per heavy atom. The molecule has 2 aromatic carbocycles. The average Bonchev–Trinajstić information content (AvgIpc) is 2.91. The largest absolute Gasteiger partial charge is 0.350 e. The summed E-state index contributed by atoms with van der Waals surface area (Å²) in [5, 5.41) is 8.40. The number of amides is 1. The molecule has 1 N–H and O–H groups in total. The Morgan fingerprint density at radius 3 is 2.65 bits per heavy atom. The first-order valence-corrected chi connectivity index (χ1v) is 7.52. The number of nitrogens with one attached hydrogen (secondary N) is 1. The fourth-order valence-corrected chi connectivity index (χ4v) is 2.59. The van der Waals surface area contributed by atoms with Crippen LogP contribution in [0.15, 0.2) is 48.5 Å². The highest BCUT2D eigenvalue weighted by molar-refractivity contribution is 5.86. The van der Waals surface area contributed by atoms with Crippen LogP contribution in [0.4, 0.5) is 4.39 Å². The standard InChI is InChI=1S/C18H18FN3O/c1-12-16-5-3-4-6-17(16)22(21-12)13(2)18(23)20-11-14-7-9-15(19)10-8-14/h3-10,13H,11H2,1-2H3,(H,20,23)/t13-/m0/s1. The van der Waals surface area contributed by atoms with Crippen LogP contribution >= 0.6 is 0 Å². The Hall–Kier alpha value is -2.69. The van der Waals surface area contributed by atoms with Gasteiger partial charge in [0.15, 0.2) is 0 Å². The molecule has 0 saturated heterocycles. The normalized spacial score (nSPS) is 12.3. The number of aromatic nitrogens is 2. The summed E-state index contributed by atoms with van der Waals surface area (Å²) in [6.07, 6.45) is 0. The monoisotopic (exact) mass is 311 g/mol.